The third kappa shape index (κ3) is 2.71. The molecule has 1 heterocycles. The molecule has 0 bridgehead atoms. The predicted octanol–water partition coefficient (Wildman–Crippen LogP) is 2.42. The first-order valence-corrected chi connectivity index (χ1v) is 4.28. The molecule has 1 aromatic heterocycles. The molecule has 10 heteroatoms. The Labute approximate surface area is 94.4 Å². The number of nitrogens with one attached hydrogen (secondary N) is 1. The van der Waals surface area contributed by atoms with Crippen molar-refractivity contribution in [2.75, 3.05) is 0 Å². The van der Waals surface area contributed by atoms with Crippen LogP contribution in [0.3, 0.4) is 0 Å². The van der Waals surface area contributed by atoms with Gasteiger partial charge in [-0.2, -0.15) is 22.0 Å². The quantitative estimate of drug-likeness (QED) is 0.846. The third-order valence-corrected chi connectivity index (χ3v) is 1.95. The van der Waals surface area contributed by atoms with E-state index in [1.165, 1.54) is 4.98 Å². The van der Waals surface area contributed by atoms with Gasteiger partial charge in [0.15, 0.2) is 5.82 Å². The molecule has 0 aliphatic carbocycles. The van der Waals surface area contributed by atoms with Crippen LogP contribution in [-0.2, 0) is 5.92 Å². The Morgan fingerprint density at radius 3 is 2.24 bits per heavy atom. The van der Waals surface area contributed by atoms with Crippen LogP contribution in [-0.4, -0.2) is 22.3 Å². The molecule has 0 aromatic carbocycles. The van der Waals surface area contributed by atoms with E-state index in [1.54, 1.807) is 0 Å². The molecule has 1 N–H and O–H groups in total. The molecule has 0 saturated carbocycles. The van der Waals surface area contributed by atoms with Gasteiger partial charge in [-0.3, -0.25) is 4.79 Å². The maximum Gasteiger partial charge on any atom is 0.426 e. The Bertz CT molecular complexity index is 470. The molecule has 0 amide bonds. The van der Waals surface area contributed by atoms with E-state index in [9.17, 15) is 31.1 Å². The monoisotopic (exact) mass is 280 g/mol. The number of aromatic nitrogens is 2. The van der Waals surface area contributed by atoms with E-state index in [-0.39, 0.29) is 0 Å². The molecule has 0 aliphatic heterocycles. The highest BCUT2D eigenvalue weighted by Gasteiger charge is 2.59. The molecule has 0 aliphatic rings. The largest absolute Gasteiger partial charge is 0.426 e. The second kappa shape index (κ2) is 4.21. The molecule has 1 aromatic rings. The molecule has 1 rings (SSSR count). The first kappa shape index (κ1) is 13.8. The van der Waals surface area contributed by atoms with E-state index >= 15 is 0 Å². The van der Waals surface area contributed by atoms with E-state index < -0.39 is 34.7 Å². The summed E-state index contributed by atoms with van der Waals surface area (Å²) in [6.07, 6.45) is -9.84. The Morgan fingerprint density at radius 1 is 1.29 bits per heavy atom. The lowest BCUT2D eigenvalue weighted by Gasteiger charge is -2.21. The van der Waals surface area contributed by atoms with Crippen molar-refractivity contribution in [3.8, 4) is 0 Å². The van der Waals surface area contributed by atoms with Crippen molar-refractivity contribution >= 4 is 11.6 Å². The topological polar surface area (TPSA) is 45.8 Å². The van der Waals surface area contributed by atoms with Gasteiger partial charge in [-0.05, 0) is 0 Å². The predicted molar refractivity (Wildman–Crippen MR) is 44.7 cm³/mol. The highest BCUT2D eigenvalue weighted by Crippen LogP contribution is 2.40. The maximum atomic E-state index is 13.0. The van der Waals surface area contributed by atoms with Crippen molar-refractivity contribution in [3.05, 3.63) is 27.4 Å². The van der Waals surface area contributed by atoms with Crippen molar-refractivity contribution in [1.29, 1.82) is 0 Å². The minimum Gasteiger partial charge on any atom is -0.304 e. The van der Waals surface area contributed by atoms with Gasteiger partial charge in [-0.1, -0.05) is 11.6 Å². The number of hydrogen-bond donors (Lipinski definition) is 1. The molecule has 0 spiro atoms. The van der Waals surface area contributed by atoms with Gasteiger partial charge in [0.2, 0.25) is 0 Å². The van der Waals surface area contributed by atoms with Gasteiger partial charge in [-0.25, -0.2) is 9.37 Å². The number of aromatic amines is 1. The molecular formula is C7H3ClF6N2O. The standard InChI is InChI=1S/C7H3ClF6N2O/c8-2-1-15-5(16-3(2)17)6(10,11)4(9)7(12,13)14/h1,4H,(H,15,16,17). The zero-order valence-corrected chi connectivity index (χ0v) is 8.41. The lowest BCUT2D eigenvalue weighted by atomic mass is 10.2. The van der Waals surface area contributed by atoms with Gasteiger partial charge in [-0.15, -0.1) is 0 Å². The smallest absolute Gasteiger partial charge is 0.304 e. The van der Waals surface area contributed by atoms with Crippen molar-refractivity contribution < 1.29 is 26.3 Å². The van der Waals surface area contributed by atoms with E-state index in [0.717, 1.165) is 0 Å². The lowest BCUT2D eigenvalue weighted by molar-refractivity contribution is -0.250. The van der Waals surface area contributed by atoms with E-state index in [4.69, 9.17) is 11.6 Å². The van der Waals surface area contributed by atoms with Crippen LogP contribution in [0.2, 0.25) is 5.02 Å². The molecule has 1 unspecified atom stereocenters. The number of rotatable bonds is 2. The minimum atomic E-state index is -5.78. The average molecular weight is 281 g/mol. The molecule has 0 fully saturated rings. The second-order valence-corrected chi connectivity index (χ2v) is 3.34. The van der Waals surface area contributed by atoms with E-state index in [1.807, 2.05) is 0 Å². The number of nitrogens with zero attached hydrogens (tertiary/aromatic N) is 1. The summed E-state index contributed by atoms with van der Waals surface area (Å²) in [5, 5.41) is -0.605. The van der Waals surface area contributed by atoms with Gasteiger partial charge in [0.25, 0.3) is 11.7 Å². The summed E-state index contributed by atoms with van der Waals surface area (Å²) in [6.45, 7) is 0. The molecule has 0 radical (unpaired) electrons. The van der Waals surface area contributed by atoms with Gasteiger partial charge >= 0.3 is 12.1 Å². The Morgan fingerprint density at radius 2 is 1.82 bits per heavy atom. The molecule has 1 atom stereocenters. The fraction of sp³-hybridized carbons (Fsp3) is 0.429. The lowest BCUT2D eigenvalue weighted by Crippen LogP contribution is -2.41. The van der Waals surface area contributed by atoms with E-state index in [2.05, 4.69) is 4.98 Å². The first-order chi connectivity index (χ1) is 7.56. The summed E-state index contributed by atoms with van der Waals surface area (Å²) in [5.41, 5.74) is -1.29. The SMILES string of the molecule is O=c1[nH]c(C(F)(F)C(F)C(F)(F)F)ncc1Cl. The first-order valence-electron chi connectivity index (χ1n) is 3.90. The number of halogens is 7. The second-order valence-electron chi connectivity index (χ2n) is 2.94. The average Bonchev–Trinajstić information content (AvgIpc) is 2.19. The molecule has 17 heavy (non-hydrogen) atoms. The van der Waals surface area contributed by atoms with Crippen LogP contribution < -0.4 is 5.56 Å². The van der Waals surface area contributed by atoms with E-state index in [0.29, 0.717) is 6.20 Å². The highest BCUT2D eigenvalue weighted by atomic mass is 35.5. The van der Waals surface area contributed by atoms with Crippen LogP contribution in [0.25, 0.3) is 0 Å². The summed E-state index contributed by atoms with van der Waals surface area (Å²) in [6, 6.07) is 0. The fourth-order valence-electron chi connectivity index (χ4n) is 0.874. The Hall–Kier alpha value is -1.25. The van der Waals surface area contributed by atoms with Gasteiger partial charge in [0, 0.05) is 0 Å². The van der Waals surface area contributed by atoms with Crippen molar-refractivity contribution in [2.24, 2.45) is 0 Å². The Balaban J connectivity index is 3.21. The highest BCUT2D eigenvalue weighted by molar-refractivity contribution is 6.30. The van der Waals surface area contributed by atoms with Gasteiger partial charge < -0.3 is 4.98 Å². The third-order valence-electron chi connectivity index (χ3n) is 1.68. The van der Waals surface area contributed by atoms with Crippen LogP contribution in [0, 0.1) is 0 Å². The molecule has 96 valence electrons. The summed E-state index contributed by atoms with van der Waals surface area (Å²) < 4.78 is 73.9. The van der Waals surface area contributed by atoms with Crippen molar-refractivity contribution in [3.63, 3.8) is 0 Å². The van der Waals surface area contributed by atoms with Crippen LogP contribution >= 0.6 is 11.6 Å². The summed E-state index contributed by atoms with van der Waals surface area (Å²) in [5.74, 6) is -6.74. The van der Waals surface area contributed by atoms with Crippen LogP contribution in [0.15, 0.2) is 11.0 Å². The summed E-state index contributed by atoms with van der Waals surface area (Å²) in [7, 11) is 0. The van der Waals surface area contributed by atoms with Crippen LogP contribution in [0.5, 0.6) is 0 Å². The van der Waals surface area contributed by atoms with Gasteiger partial charge in [0.1, 0.15) is 5.02 Å². The number of hydrogen-bond acceptors (Lipinski definition) is 2. The zero-order valence-electron chi connectivity index (χ0n) is 7.66. The Kier molecular flexibility index (Phi) is 3.42. The number of H-pyrrole nitrogens is 1. The van der Waals surface area contributed by atoms with Crippen LogP contribution in [0.1, 0.15) is 5.82 Å². The zero-order chi connectivity index (χ0) is 13.4. The normalized spacial score (nSPS) is 14.8. The van der Waals surface area contributed by atoms with Crippen molar-refractivity contribution in [1.82, 2.24) is 9.97 Å². The van der Waals surface area contributed by atoms with Gasteiger partial charge in [0.05, 0.1) is 6.20 Å². The van der Waals surface area contributed by atoms with Crippen LogP contribution in [0.4, 0.5) is 26.3 Å². The fourth-order valence-corrected chi connectivity index (χ4v) is 0.970. The maximum absolute atomic E-state index is 13.0. The summed E-state index contributed by atoms with van der Waals surface area (Å²) >= 11 is 5.13. The molecule has 0 saturated heterocycles. The van der Waals surface area contributed by atoms with Crippen molar-refractivity contribution in [2.45, 2.75) is 18.3 Å². The molecule has 3 nitrogen and oxygen atoms in total. The molecular weight excluding hydrogens is 278 g/mol. The number of alkyl halides is 6. The summed E-state index contributed by atoms with van der Waals surface area (Å²) in [4.78, 5) is 14.8. The minimum absolute atomic E-state index is 0.409.